The lowest BCUT2D eigenvalue weighted by atomic mass is 9.88. The van der Waals surface area contributed by atoms with E-state index in [1.807, 2.05) is 13.0 Å². The number of carbonyl (C=O) groups is 1. The van der Waals surface area contributed by atoms with Crippen LogP contribution in [0.1, 0.15) is 52.5 Å². The Kier molecular flexibility index (Phi) is 6.79. The number of anilines is 1. The highest BCUT2D eigenvalue weighted by molar-refractivity contribution is 6.74. The highest BCUT2D eigenvalue weighted by Crippen LogP contribution is 2.43. The van der Waals surface area contributed by atoms with Gasteiger partial charge in [0.15, 0.2) is 8.32 Å². The summed E-state index contributed by atoms with van der Waals surface area (Å²) >= 11 is 0. The minimum atomic E-state index is -1.75. The van der Waals surface area contributed by atoms with E-state index >= 15 is 0 Å². The van der Waals surface area contributed by atoms with Gasteiger partial charge < -0.3 is 14.6 Å². The summed E-state index contributed by atoms with van der Waals surface area (Å²) in [6.07, 6.45) is 1.83. The maximum absolute atomic E-state index is 12.0. The zero-order valence-corrected chi connectivity index (χ0v) is 19.8. The van der Waals surface area contributed by atoms with E-state index in [9.17, 15) is 14.9 Å². The van der Waals surface area contributed by atoms with Gasteiger partial charge in [0.05, 0.1) is 16.0 Å². The van der Waals surface area contributed by atoms with E-state index in [1.54, 1.807) is 24.1 Å². The Morgan fingerprint density at radius 2 is 2.00 bits per heavy atom. The summed E-state index contributed by atoms with van der Waals surface area (Å²) in [7, 11) is -0.0346. The summed E-state index contributed by atoms with van der Waals surface area (Å²) < 4.78 is 6.17. The number of likely N-dealkylation sites (tertiary alicyclic amines) is 1. The number of amides is 1. The second-order valence-corrected chi connectivity index (χ2v) is 14.4. The van der Waals surface area contributed by atoms with Gasteiger partial charge in [-0.2, -0.15) is 0 Å². The van der Waals surface area contributed by atoms with Gasteiger partial charge in [0.1, 0.15) is 0 Å². The minimum Gasteiger partial charge on any atom is -0.417 e. The van der Waals surface area contributed by atoms with Crippen LogP contribution < -0.4 is 5.32 Å². The third kappa shape index (κ3) is 4.98. The first-order valence-corrected chi connectivity index (χ1v) is 13.1. The first-order chi connectivity index (χ1) is 13.3. The predicted octanol–water partition coefficient (Wildman–Crippen LogP) is 4.89. The molecule has 8 heteroatoms. The summed E-state index contributed by atoms with van der Waals surface area (Å²) in [6.45, 7) is 14.4. The fourth-order valence-electron chi connectivity index (χ4n) is 3.37. The average Bonchev–Trinajstić information content (AvgIpc) is 2.88. The molecule has 0 radical (unpaired) electrons. The van der Waals surface area contributed by atoms with Crippen LogP contribution in [-0.4, -0.2) is 44.2 Å². The van der Waals surface area contributed by atoms with Crippen molar-refractivity contribution in [2.24, 2.45) is 0 Å². The fraction of sp³-hybridized carbons (Fsp3) is 0.667. The van der Waals surface area contributed by atoms with Crippen molar-refractivity contribution in [3.05, 3.63) is 33.9 Å². The Labute approximate surface area is 175 Å². The fourth-order valence-corrected chi connectivity index (χ4v) is 4.46. The molecule has 0 aromatic heterocycles. The van der Waals surface area contributed by atoms with E-state index in [-0.39, 0.29) is 21.6 Å². The maximum atomic E-state index is 12.0. The Balaban J connectivity index is 2.03. The standard InChI is InChI=1S/C21H35N3O4Si/c1-20(2,3)29(6,7)28-14-8-13-22-16-9-10-17(18(15-16)24(26)27)21(4)12-11-19(25)23(21)5/h9-10,15,22H,8,11-14H2,1-7H3. The quantitative estimate of drug-likeness (QED) is 0.280. The van der Waals surface area contributed by atoms with Crippen LogP contribution in [0.4, 0.5) is 11.4 Å². The number of nitrogens with one attached hydrogen (secondary N) is 1. The second kappa shape index (κ2) is 8.43. The van der Waals surface area contributed by atoms with Crippen molar-refractivity contribution in [1.29, 1.82) is 0 Å². The van der Waals surface area contributed by atoms with Crippen LogP contribution in [0, 0.1) is 10.1 Å². The molecule has 0 spiro atoms. The second-order valence-electron chi connectivity index (χ2n) is 9.60. The van der Waals surface area contributed by atoms with Crippen molar-refractivity contribution in [3.8, 4) is 0 Å². The van der Waals surface area contributed by atoms with Crippen LogP contribution >= 0.6 is 0 Å². The Morgan fingerprint density at radius 1 is 1.34 bits per heavy atom. The number of nitro groups is 1. The van der Waals surface area contributed by atoms with Gasteiger partial charge >= 0.3 is 0 Å². The highest BCUT2D eigenvalue weighted by atomic mass is 28.4. The average molecular weight is 422 g/mol. The van der Waals surface area contributed by atoms with Gasteiger partial charge in [-0.3, -0.25) is 14.9 Å². The van der Waals surface area contributed by atoms with E-state index < -0.39 is 13.9 Å². The number of benzene rings is 1. The van der Waals surface area contributed by atoms with Gasteiger partial charge in [0.2, 0.25) is 5.91 Å². The molecule has 1 saturated heterocycles. The number of rotatable bonds is 8. The SMILES string of the molecule is CN1C(=O)CCC1(C)c1ccc(NCCCO[Si](C)(C)C(C)(C)C)cc1[N+](=O)[O-]. The third-order valence-electron chi connectivity index (χ3n) is 6.63. The van der Waals surface area contributed by atoms with Crippen LogP contribution in [0.15, 0.2) is 18.2 Å². The number of carbonyl (C=O) groups excluding carboxylic acids is 1. The van der Waals surface area contributed by atoms with E-state index in [0.29, 0.717) is 37.2 Å². The number of nitro benzene ring substituents is 1. The summed E-state index contributed by atoms with van der Waals surface area (Å²) in [6, 6.07) is 5.21. The van der Waals surface area contributed by atoms with Crippen molar-refractivity contribution in [2.75, 3.05) is 25.5 Å². The molecular weight excluding hydrogens is 386 g/mol. The van der Waals surface area contributed by atoms with Crippen LogP contribution in [-0.2, 0) is 14.8 Å². The number of nitrogens with zero attached hydrogens (tertiary/aromatic N) is 2. The molecule has 29 heavy (non-hydrogen) atoms. The van der Waals surface area contributed by atoms with Crippen LogP contribution in [0.3, 0.4) is 0 Å². The summed E-state index contributed by atoms with van der Waals surface area (Å²) in [5, 5.41) is 15.1. The molecule has 1 unspecified atom stereocenters. The largest absolute Gasteiger partial charge is 0.417 e. The monoisotopic (exact) mass is 421 g/mol. The Hall–Kier alpha value is -1.93. The molecule has 7 nitrogen and oxygen atoms in total. The Morgan fingerprint density at radius 3 is 2.52 bits per heavy atom. The first kappa shape index (κ1) is 23.3. The molecule has 1 amide bonds. The van der Waals surface area contributed by atoms with E-state index in [0.717, 1.165) is 6.42 Å². The molecule has 1 N–H and O–H groups in total. The van der Waals surface area contributed by atoms with E-state index in [4.69, 9.17) is 4.43 Å². The molecule has 1 heterocycles. The molecule has 1 aliphatic rings. The minimum absolute atomic E-state index is 0.0192. The number of hydrogen-bond acceptors (Lipinski definition) is 5. The first-order valence-electron chi connectivity index (χ1n) is 10.2. The zero-order chi connectivity index (χ0) is 22.0. The molecule has 1 fully saturated rings. The van der Waals surface area contributed by atoms with Crippen LogP contribution in [0.5, 0.6) is 0 Å². The lowest BCUT2D eigenvalue weighted by molar-refractivity contribution is -0.386. The van der Waals surface area contributed by atoms with Crippen molar-refractivity contribution < 1.29 is 14.1 Å². The van der Waals surface area contributed by atoms with Crippen LogP contribution in [0.25, 0.3) is 0 Å². The molecule has 0 aliphatic carbocycles. The normalized spacial score (nSPS) is 20.2. The van der Waals surface area contributed by atoms with E-state index in [1.165, 1.54) is 0 Å². The van der Waals surface area contributed by atoms with Crippen molar-refractivity contribution in [3.63, 3.8) is 0 Å². The van der Waals surface area contributed by atoms with Gasteiger partial charge in [-0.25, -0.2) is 0 Å². The molecule has 0 bridgehead atoms. The predicted molar refractivity (Wildman–Crippen MR) is 119 cm³/mol. The Bertz CT molecular complexity index is 776. The lowest BCUT2D eigenvalue weighted by Gasteiger charge is -2.36. The highest BCUT2D eigenvalue weighted by Gasteiger charge is 2.44. The summed E-state index contributed by atoms with van der Waals surface area (Å²) in [5.74, 6) is 0.0192. The zero-order valence-electron chi connectivity index (χ0n) is 18.8. The smallest absolute Gasteiger partial charge is 0.277 e. The molecule has 1 atom stereocenters. The van der Waals surface area contributed by atoms with Gasteiger partial charge in [-0.15, -0.1) is 0 Å². The molecular formula is C21H35N3O4Si. The maximum Gasteiger partial charge on any atom is 0.277 e. The molecule has 1 aromatic carbocycles. The van der Waals surface area contributed by atoms with Crippen molar-refractivity contribution >= 4 is 25.6 Å². The summed E-state index contributed by atoms with van der Waals surface area (Å²) in [4.78, 5) is 24.9. The number of hydrogen-bond donors (Lipinski definition) is 1. The van der Waals surface area contributed by atoms with Gasteiger partial charge in [0.25, 0.3) is 5.69 Å². The molecule has 0 saturated carbocycles. The third-order valence-corrected chi connectivity index (χ3v) is 11.2. The molecule has 1 aromatic rings. The van der Waals surface area contributed by atoms with Gasteiger partial charge in [0, 0.05) is 38.4 Å². The van der Waals surface area contributed by atoms with Crippen molar-refractivity contribution in [2.45, 2.75) is 70.6 Å². The topological polar surface area (TPSA) is 84.7 Å². The lowest BCUT2D eigenvalue weighted by Crippen LogP contribution is -2.41. The van der Waals surface area contributed by atoms with E-state index in [2.05, 4.69) is 39.2 Å². The van der Waals surface area contributed by atoms with Gasteiger partial charge in [-0.05, 0) is 50.0 Å². The molecule has 162 valence electrons. The summed E-state index contributed by atoms with van der Waals surface area (Å²) in [5.41, 5.74) is 0.706. The van der Waals surface area contributed by atoms with Crippen molar-refractivity contribution in [1.82, 2.24) is 4.90 Å². The molecule has 2 rings (SSSR count). The molecule has 1 aliphatic heterocycles. The van der Waals surface area contributed by atoms with Crippen LogP contribution in [0.2, 0.25) is 18.1 Å². The van der Waals surface area contributed by atoms with Gasteiger partial charge in [-0.1, -0.05) is 20.8 Å².